The maximum absolute atomic E-state index is 14.4. The largest absolute Gasteiger partial charge is 0.351 e. The summed E-state index contributed by atoms with van der Waals surface area (Å²) in [6.07, 6.45) is 7.00. The average Bonchev–Trinajstić information content (AvgIpc) is 2.72. The van der Waals surface area contributed by atoms with Crippen LogP contribution in [0.5, 0.6) is 0 Å². The summed E-state index contributed by atoms with van der Waals surface area (Å²) in [6.45, 7) is 3.68. The van der Waals surface area contributed by atoms with E-state index >= 15 is 0 Å². The molecule has 11 heteroatoms. The van der Waals surface area contributed by atoms with E-state index in [4.69, 9.17) is 5.73 Å². The molecule has 1 aromatic rings. The van der Waals surface area contributed by atoms with Crippen LogP contribution in [0.2, 0.25) is 0 Å². The van der Waals surface area contributed by atoms with Crippen LogP contribution < -0.4 is 11.1 Å². The van der Waals surface area contributed by atoms with Gasteiger partial charge < -0.3 is 11.1 Å². The maximum atomic E-state index is 14.4. The van der Waals surface area contributed by atoms with E-state index in [0.29, 0.717) is 24.6 Å². The van der Waals surface area contributed by atoms with Crippen LogP contribution in [0.25, 0.3) is 0 Å². The fourth-order valence-corrected chi connectivity index (χ4v) is 5.32. The average molecular weight is 481 g/mol. The number of amides is 2. The van der Waals surface area contributed by atoms with Crippen LogP contribution in [0.1, 0.15) is 25.3 Å². The summed E-state index contributed by atoms with van der Waals surface area (Å²) in [6, 6.07) is 3.70. The standard InChI is InChI=1S/C22H33FN6O3S/c1-16-7-5-9-21(29(16)22(24)30)25-19-12-17(11-18(23)13-19)14-28-10-6-8-20(15-28)27(4)33(31,32)26(2)3/h5,7,9,11-13,16,20,25H,6,8,10,14-15H2,1-4H3,(H2,24,30)/t16?,20-/m1/s1. The van der Waals surface area contributed by atoms with Gasteiger partial charge in [-0.05, 0) is 56.1 Å². The lowest BCUT2D eigenvalue weighted by Gasteiger charge is -2.37. The number of hydrogen-bond acceptors (Lipinski definition) is 5. The van der Waals surface area contributed by atoms with Crippen molar-refractivity contribution in [2.45, 2.75) is 38.4 Å². The SMILES string of the molecule is CC1C=CC=C(Nc2cc(F)cc(CN3CCC[C@@H](N(C)S(=O)(=O)N(C)C)C3)c2)N1C(N)=O. The summed E-state index contributed by atoms with van der Waals surface area (Å²) in [4.78, 5) is 15.4. The summed E-state index contributed by atoms with van der Waals surface area (Å²) in [5.41, 5.74) is 6.77. The highest BCUT2D eigenvalue weighted by Crippen LogP contribution is 2.24. The van der Waals surface area contributed by atoms with Gasteiger partial charge >= 0.3 is 6.03 Å². The second-order valence-corrected chi connectivity index (χ2v) is 10.9. The summed E-state index contributed by atoms with van der Waals surface area (Å²) in [5, 5.41) is 3.10. The number of likely N-dealkylation sites (tertiary alicyclic amines) is 1. The smallest absolute Gasteiger partial charge is 0.320 e. The quantitative estimate of drug-likeness (QED) is 0.623. The zero-order valence-electron chi connectivity index (χ0n) is 19.5. The van der Waals surface area contributed by atoms with Gasteiger partial charge in [0.15, 0.2) is 0 Å². The maximum Gasteiger partial charge on any atom is 0.320 e. The highest BCUT2D eigenvalue weighted by molar-refractivity contribution is 7.86. The first-order chi connectivity index (χ1) is 15.5. The monoisotopic (exact) mass is 480 g/mol. The number of nitrogens with one attached hydrogen (secondary N) is 1. The number of hydrogen-bond donors (Lipinski definition) is 2. The third kappa shape index (κ3) is 5.91. The molecule has 2 atom stereocenters. The zero-order valence-corrected chi connectivity index (χ0v) is 20.3. The van der Waals surface area contributed by atoms with Crippen molar-refractivity contribution >= 4 is 21.9 Å². The number of piperidine rings is 1. The third-order valence-electron chi connectivity index (χ3n) is 6.00. The Balaban J connectivity index is 1.73. The lowest BCUT2D eigenvalue weighted by molar-refractivity contribution is 0.150. The van der Waals surface area contributed by atoms with Gasteiger partial charge in [0.25, 0.3) is 10.2 Å². The first-order valence-corrected chi connectivity index (χ1v) is 12.3. The van der Waals surface area contributed by atoms with Crippen LogP contribution in [0.4, 0.5) is 14.9 Å². The number of allylic oxidation sites excluding steroid dienone is 2. The van der Waals surface area contributed by atoms with Gasteiger partial charge in [-0.2, -0.15) is 17.0 Å². The third-order valence-corrected chi connectivity index (χ3v) is 7.95. The van der Waals surface area contributed by atoms with Crippen molar-refractivity contribution in [1.29, 1.82) is 0 Å². The van der Waals surface area contributed by atoms with E-state index in [1.165, 1.54) is 39.7 Å². The summed E-state index contributed by atoms with van der Waals surface area (Å²) in [7, 11) is 1.14. The van der Waals surface area contributed by atoms with E-state index in [1.807, 2.05) is 25.1 Å². The van der Waals surface area contributed by atoms with Crippen LogP contribution in [-0.2, 0) is 16.8 Å². The predicted molar refractivity (Wildman–Crippen MR) is 127 cm³/mol. The molecule has 3 N–H and O–H groups in total. The number of likely N-dealkylation sites (N-methyl/N-ethyl adjacent to an activating group) is 1. The Morgan fingerprint density at radius 1 is 1.27 bits per heavy atom. The van der Waals surface area contributed by atoms with Crippen LogP contribution in [0.15, 0.2) is 42.2 Å². The molecule has 0 aliphatic carbocycles. The molecule has 0 spiro atoms. The molecule has 1 fully saturated rings. The fourth-order valence-electron chi connectivity index (χ4n) is 4.25. The van der Waals surface area contributed by atoms with E-state index in [2.05, 4.69) is 10.2 Å². The number of rotatable bonds is 7. The van der Waals surface area contributed by atoms with E-state index in [9.17, 15) is 17.6 Å². The van der Waals surface area contributed by atoms with Crippen molar-refractivity contribution in [2.24, 2.45) is 5.73 Å². The molecule has 0 saturated carbocycles. The summed E-state index contributed by atoms with van der Waals surface area (Å²) in [5.74, 6) is 0.0732. The number of benzene rings is 1. The molecule has 2 heterocycles. The van der Waals surface area contributed by atoms with E-state index in [1.54, 1.807) is 13.1 Å². The number of primary amides is 1. The normalized spacial score (nSPS) is 22.0. The number of halogens is 1. The molecule has 0 radical (unpaired) electrons. The molecule has 2 aliphatic rings. The Hall–Kier alpha value is -2.47. The van der Waals surface area contributed by atoms with Gasteiger partial charge in [0.2, 0.25) is 0 Å². The van der Waals surface area contributed by atoms with E-state index in [-0.39, 0.29) is 12.1 Å². The van der Waals surface area contributed by atoms with Gasteiger partial charge in [0, 0.05) is 46.0 Å². The highest BCUT2D eigenvalue weighted by atomic mass is 32.2. The number of carbonyl (C=O) groups is 1. The molecule has 33 heavy (non-hydrogen) atoms. The van der Waals surface area contributed by atoms with Crippen molar-refractivity contribution in [3.63, 3.8) is 0 Å². The topological polar surface area (TPSA) is 102 Å². The predicted octanol–water partition coefficient (Wildman–Crippen LogP) is 2.12. The lowest BCUT2D eigenvalue weighted by Crippen LogP contribution is -2.50. The summed E-state index contributed by atoms with van der Waals surface area (Å²) >= 11 is 0. The van der Waals surface area contributed by atoms with Gasteiger partial charge in [0.1, 0.15) is 11.6 Å². The number of urea groups is 1. The van der Waals surface area contributed by atoms with Crippen molar-refractivity contribution in [3.8, 4) is 0 Å². The van der Waals surface area contributed by atoms with Crippen LogP contribution in [-0.4, -0.2) is 79.2 Å². The molecule has 0 bridgehead atoms. The van der Waals surface area contributed by atoms with E-state index < -0.39 is 22.1 Å². The highest BCUT2D eigenvalue weighted by Gasteiger charge is 2.31. The molecular weight excluding hydrogens is 447 g/mol. The Kier molecular flexibility index (Phi) is 7.78. The van der Waals surface area contributed by atoms with Crippen LogP contribution >= 0.6 is 0 Å². The minimum atomic E-state index is -3.50. The molecule has 182 valence electrons. The van der Waals surface area contributed by atoms with Crippen LogP contribution in [0.3, 0.4) is 0 Å². The van der Waals surface area contributed by atoms with Gasteiger partial charge in [-0.15, -0.1) is 0 Å². The van der Waals surface area contributed by atoms with E-state index in [0.717, 1.165) is 24.9 Å². The number of anilines is 1. The lowest BCUT2D eigenvalue weighted by atomic mass is 10.0. The number of carbonyl (C=O) groups excluding carboxylic acids is 1. The number of nitrogens with zero attached hydrogens (tertiary/aromatic N) is 4. The molecule has 1 saturated heterocycles. The van der Waals surface area contributed by atoms with Crippen molar-refractivity contribution in [2.75, 3.05) is 39.5 Å². The van der Waals surface area contributed by atoms with Crippen molar-refractivity contribution in [1.82, 2.24) is 18.4 Å². The minimum Gasteiger partial charge on any atom is -0.351 e. The van der Waals surface area contributed by atoms with Gasteiger partial charge in [0.05, 0.1) is 6.04 Å². The molecule has 9 nitrogen and oxygen atoms in total. The second kappa shape index (κ2) is 10.2. The van der Waals surface area contributed by atoms with Gasteiger partial charge in [-0.3, -0.25) is 9.80 Å². The van der Waals surface area contributed by atoms with Crippen molar-refractivity contribution in [3.05, 3.63) is 53.6 Å². The van der Waals surface area contributed by atoms with Gasteiger partial charge in [-0.25, -0.2) is 9.18 Å². The molecule has 0 aromatic heterocycles. The summed E-state index contributed by atoms with van der Waals surface area (Å²) < 4.78 is 42.1. The minimum absolute atomic E-state index is 0.151. The molecule has 3 rings (SSSR count). The Morgan fingerprint density at radius 3 is 2.67 bits per heavy atom. The first-order valence-electron chi connectivity index (χ1n) is 10.9. The Labute approximate surface area is 195 Å². The molecule has 1 aromatic carbocycles. The first kappa shape index (κ1) is 25.2. The van der Waals surface area contributed by atoms with Crippen molar-refractivity contribution < 1.29 is 17.6 Å². The van der Waals surface area contributed by atoms with Crippen LogP contribution in [0, 0.1) is 5.82 Å². The molecule has 2 aliphatic heterocycles. The molecular formula is C22H33FN6O3S. The Bertz CT molecular complexity index is 1040. The van der Waals surface area contributed by atoms with Gasteiger partial charge in [-0.1, -0.05) is 12.2 Å². The second-order valence-electron chi connectivity index (χ2n) is 8.70. The Morgan fingerprint density at radius 2 is 2.00 bits per heavy atom. The molecule has 1 unspecified atom stereocenters. The zero-order chi connectivity index (χ0) is 24.3. The molecule has 2 amide bonds. The fraction of sp³-hybridized carbons (Fsp3) is 0.500. The number of nitrogens with two attached hydrogens (primary N) is 1.